The van der Waals surface area contributed by atoms with Gasteiger partial charge in [-0.3, -0.25) is 14.6 Å². The number of benzene rings is 1. The fourth-order valence-corrected chi connectivity index (χ4v) is 3.63. The van der Waals surface area contributed by atoms with E-state index in [4.69, 9.17) is 0 Å². The topological polar surface area (TPSA) is 62.3 Å². The molecule has 5 heteroatoms. The molecule has 1 saturated carbocycles. The zero-order valence-electron chi connectivity index (χ0n) is 14.4. The summed E-state index contributed by atoms with van der Waals surface area (Å²) in [5.74, 6) is 0.388. The zero-order valence-corrected chi connectivity index (χ0v) is 14.4. The highest BCUT2D eigenvalue weighted by Gasteiger charge is 2.47. The monoisotopic (exact) mass is 347 g/mol. The summed E-state index contributed by atoms with van der Waals surface area (Å²) in [6.07, 6.45) is 8.00. The SMILES string of the molecule is O=C(/C=C/c1cccnc1)NC1CC(=O)N(C2CC2c2ccccc2)C1. The van der Waals surface area contributed by atoms with Gasteiger partial charge in [0.15, 0.2) is 0 Å². The molecule has 1 N–H and O–H groups in total. The Balaban J connectivity index is 1.31. The quantitative estimate of drug-likeness (QED) is 0.845. The van der Waals surface area contributed by atoms with Crippen molar-refractivity contribution < 1.29 is 9.59 Å². The molecule has 26 heavy (non-hydrogen) atoms. The molecule has 2 heterocycles. The van der Waals surface area contributed by atoms with Crippen molar-refractivity contribution in [2.45, 2.75) is 30.8 Å². The van der Waals surface area contributed by atoms with E-state index in [2.05, 4.69) is 22.4 Å². The number of hydrogen-bond donors (Lipinski definition) is 1. The number of hydrogen-bond acceptors (Lipinski definition) is 3. The summed E-state index contributed by atoms with van der Waals surface area (Å²) in [5, 5.41) is 2.94. The van der Waals surface area contributed by atoms with Crippen LogP contribution in [0.1, 0.15) is 29.9 Å². The second-order valence-corrected chi connectivity index (χ2v) is 6.90. The predicted molar refractivity (Wildman–Crippen MR) is 99.1 cm³/mol. The molecule has 1 aromatic heterocycles. The first-order valence-corrected chi connectivity index (χ1v) is 8.94. The Morgan fingerprint density at radius 2 is 2.04 bits per heavy atom. The van der Waals surface area contributed by atoms with Crippen LogP contribution in [-0.4, -0.2) is 40.3 Å². The van der Waals surface area contributed by atoms with Gasteiger partial charge in [-0.15, -0.1) is 0 Å². The molecule has 3 atom stereocenters. The molecule has 5 nitrogen and oxygen atoms in total. The lowest BCUT2D eigenvalue weighted by molar-refractivity contribution is -0.128. The molecular weight excluding hydrogens is 326 g/mol. The average molecular weight is 347 g/mol. The fraction of sp³-hybridized carbons (Fsp3) is 0.286. The van der Waals surface area contributed by atoms with Crippen molar-refractivity contribution in [2.24, 2.45) is 0 Å². The number of carbonyl (C=O) groups is 2. The van der Waals surface area contributed by atoms with E-state index < -0.39 is 0 Å². The van der Waals surface area contributed by atoms with E-state index in [1.54, 1.807) is 18.5 Å². The van der Waals surface area contributed by atoms with Crippen molar-refractivity contribution in [1.82, 2.24) is 15.2 Å². The van der Waals surface area contributed by atoms with Gasteiger partial charge in [-0.05, 0) is 29.7 Å². The predicted octanol–water partition coefficient (Wildman–Crippen LogP) is 2.37. The van der Waals surface area contributed by atoms with E-state index in [1.807, 2.05) is 35.2 Å². The molecule has 0 bridgehead atoms. The van der Waals surface area contributed by atoms with E-state index in [9.17, 15) is 9.59 Å². The maximum atomic E-state index is 12.4. The number of rotatable bonds is 5. The van der Waals surface area contributed by atoms with Crippen LogP contribution in [0.2, 0.25) is 0 Å². The summed E-state index contributed by atoms with van der Waals surface area (Å²) < 4.78 is 0. The summed E-state index contributed by atoms with van der Waals surface area (Å²) in [6.45, 7) is 0.597. The molecule has 2 aliphatic rings. The third-order valence-electron chi connectivity index (χ3n) is 5.00. The second kappa shape index (κ2) is 7.12. The smallest absolute Gasteiger partial charge is 0.244 e. The van der Waals surface area contributed by atoms with Crippen LogP contribution >= 0.6 is 0 Å². The van der Waals surface area contributed by atoms with Gasteiger partial charge >= 0.3 is 0 Å². The van der Waals surface area contributed by atoms with Gasteiger partial charge in [0.2, 0.25) is 11.8 Å². The summed E-state index contributed by atoms with van der Waals surface area (Å²) >= 11 is 0. The van der Waals surface area contributed by atoms with Crippen molar-refractivity contribution in [2.75, 3.05) is 6.54 Å². The summed E-state index contributed by atoms with van der Waals surface area (Å²) in [5.41, 5.74) is 2.16. The fourth-order valence-electron chi connectivity index (χ4n) is 3.63. The Bertz CT molecular complexity index is 820. The summed E-state index contributed by atoms with van der Waals surface area (Å²) in [4.78, 5) is 30.4. The number of amides is 2. The largest absolute Gasteiger partial charge is 0.348 e. The average Bonchev–Trinajstić information content (AvgIpc) is 3.38. The normalized spacial score (nSPS) is 24.8. The molecule has 2 aromatic rings. The van der Waals surface area contributed by atoms with Gasteiger partial charge in [-0.25, -0.2) is 0 Å². The van der Waals surface area contributed by atoms with Crippen LogP contribution < -0.4 is 5.32 Å². The van der Waals surface area contributed by atoms with Crippen LogP contribution in [-0.2, 0) is 9.59 Å². The van der Waals surface area contributed by atoms with Gasteiger partial charge in [0, 0.05) is 43.4 Å². The molecule has 1 aliphatic heterocycles. The van der Waals surface area contributed by atoms with Crippen LogP contribution in [0.15, 0.2) is 60.9 Å². The molecular formula is C21H21N3O2. The summed E-state index contributed by atoms with van der Waals surface area (Å²) in [6, 6.07) is 14.2. The standard InChI is InChI=1S/C21H21N3O2/c25-20(9-8-15-5-4-10-22-13-15)23-17-11-21(26)24(14-17)19-12-18(19)16-6-2-1-3-7-16/h1-10,13,17-19H,11-12,14H2,(H,23,25)/b9-8+. The number of carbonyl (C=O) groups excluding carboxylic acids is 2. The van der Waals surface area contributed by atoms with Crippen LogP contribution in [0, 0.1) is 0 Å². The maximum Gasteiger partial charge on any atom is 0.244 e. The highest BCUT2D eigenvalue weighted by atomic mass is 16.2. The van der Waals surface area contributed by atoms with Crippen LogP contribution in [0.25, 0.3) is 6.08 Å². The lowest BCUT2D eigenvalue weighted by Crippen LogP contribution is -2.37. The van der Waals surface area contributed by atoms with Crippen LogP contribution in [0.5, 0.6) is 0 Å². The Kier molecular flexibility index (Phi) is 4.52. The van der Waals surface area contributed by atoms with Gasteiger partial charge < -0.3 is 10.2 Å². The molecule has 1 saturated heterocycles. The molecule has 0 spiro atoms. The third-order valence-corrected chi connectivity index (χ3v) is 5.00. The highest BCUT2D eigenvalue weighted by molar-refractivity contribution is 5.92. The van der Waals surface area contributed by atoms with Crippen LogP contribution in [0.3, 0.4) is 0 Å². The molecule has 4 rings (SSSR count). The van der Waals surface area contributed by atoms with E-state index >= 15 is 0 Å². The first kappa shape index (κ1) is 16.5. The Hall–Kier alpha value is -2.95. The number of likely N-dealkylation sites (tertiary alicyclic amines) is 1. The minimum Gasteiger partial charge on any atom is -0.348 e. The maximum absolute atomic E-state index is 12.4. The van der Waals surface area contributed by atoms with E-state index in [0.29, 0.717) is 18.9 Å². The zero-order chi connectivity index (χ0) is 17.9. The summed E-state index contributed by atoms with van der Waals surface area (Å²) in [7, 11) is 0. The molecule has 1 aliphatic carbocycles. The second-order valence-electron chi connectivity index (χ2n) is 6.90. The highest BCUT2D eigenvalue weighted by Crippen LogP contribution is 2.45. The van der Waals surface area contributed by atoms with Crippen molar-refractivity contribution in [1.29, 1.82) is 0 Å². The van der Waals surface area contributed by atoms with Crippen molar-refractivity contribution >= 4 is 17.9 Å². The minimum atomic E-state index is -0.177. The molecule has 3 unspecified atom stereocenters. The molecule has 1 aromatic carbocycles. The Morgan fingerprint density at radius 1 is 1.19 bits per heavy atom. The van der Waals surface area contributed by atoms with Crippen LogP contribution in [0.4, 0.5) is 0 Å². The van der Waals surface area contributed by atoms with Gasteiger partial charge in [-0.1, -0.05) is 36.4 Å². The molecule has 2 amide bonds. The van der Waals surface area contributed by atoms with Crippen molar-refractivity contribution in [3.8, 4) is 0 Å². The first-order valence-electron chi connectivity index (χ1n) is 8.94. The van der Waals surface area contributed by atoms with E-state index in [1.165, 1.54) is 11.6 Å². The number of pyridine rings is 1. The van der Waals surface area contributed by atoms with Crippen molar-refractivity contribution in [3.05, 3.63) is 72.1 Å². The number of nitrogens with one attached hydrogen (secondary N) is 1. The Labute approximate surface area is 152 Å². The molecule has 0 radical (unpaired) electrons. The number of nitrogens with zero attached hydrogens (tertiary/aromatic N) is 2. The van der Waals surface area contributed by atoms with E-state index in [-0.39, 0.29) is 23.9 Å². The van der Waals surface area contributed by atoms with Gasteiger partial charge in [0.05, 0.1) is 6.04 Å². The lowest BCUT2D eigenvalue weighted by Gasteiger charge is -2.17. The van der Waals surface area contributed by atoms with E-state index in [0.717, 1.165) is 12.0 Å². The first-order chi connectivity index (χ1) is 12.7. The Morgan fingerprint density at radius 3 is 2.81 bits per heavy atom. The van der Waals surface area contributed by atoms with Gasteiger partial charge in [0.25, 0.3) is 0 Å². The van der Waals surface area contributed by atoms with Crippen molar-refractivity contribution in [3.63, 3.8) is 0 Å². The third kappa shape index (κ3) is 3.67. The van der Waals surface area contributed by atoms with Gasteiger partial charge in [-0.2, -0.15) is 0 Å². The minimum absolute atomic E-state index is 0.120. The van der Waals surface area contributed by atoms with Gasteiger partial charge in [0.1, 0.15) is 0 Å². The molecule has 132 valence electrons. The molecule has 2 fully saturated rings. The lowest BCUT2D eigenvalue weighted by atomic mass is 10.1. The number of aromatic nitrogens is 1.